The molecule has 3 aliphatic heterocycles. The van der Waals surface area contributed by atoms with Gasteiger partial charge in [0, 0.05) is 12.8 Å². The molecule has 5 unspecified atom stereocenters. The molecule has 7 nitrogen and oxygen atoms in total. The molecule has 0 amide bonds. The molecule has 1 spiro atoms. The quantitative estimate of drug-likeness (QED) is 0.705. The maximum Gasteiger partial charge on any atom is 0.350 e. The second-order valence-electron chi connectivity index (χ2n) is 8.14. The zero-order valence-electron chi connectivity index (χ0n) is 15.7. The summed E-state index contributed by atoms with van der Waals surface area (Å²) in [5.74, 6) is -1.56. The Morgan fingerprint density at radius 3 is 2.46 bits per heavy atom. The number of carbonyl (C=O) groups is 2. The zero-order valence-corrected chi connectivity index (χ0v) is 15.7. The van der Waals surface area contributed by atoms with Gasteiger partial charge < -0.3 is 23.7 Å². The van der Waals surface area contributed by atoms with Gasteiger partial charge in [-0.15, -0.1) is 0 Å². The van der Waals surface area contributed by atoms with Crippen molar-refractivity contribution in [1.29, 1.82) is 0 Å². The van der Waals surface area contributed by atoms with Crippen molar-refractivity contribution in [1.82, 2.24) is 0 Å². The molecule has 3 saturated heterocycles. The fourth-order valence-electron chi connectivity index (χ4n) is 4.31. The average molecular weight is 368 g/mol. The molecule has 4 fully saturated rings. The van der Waals surface area contributed by atoms with Crippen LogP contribution in [0.5, 0.6) is 0 Å². The highest BCUT2D eigenvalue weighted by Gasteiger charge is 2.65. The van der Waals surface area contributed by atoms with Crippen molar-refractivity contribution in [2.75, 3.05) is 0 Å². The highest BCUT2D eigenvalue weighted by molar-refractivity contribution is 5.84. The summed E-state index contributed by atoms with van der Waals surface area (Å²) in [5.41, 5.74) is -0.619. The fraction of sp³-hybridized carbons (Fsp3) is 0.895. The van der Waals surface area contributed by atoms with Gasteiger partial charge in [0.05, 0.1) is 5.41 Å². The summed E-state index contributed by atoms with van der Waals surface area (Å²) in [6.45, 7) is 5.71. The topological polar surface area (TPSA) is 80.3 Å². The van der Waals surface area contributed by atoms with E-state index >= 15 is 0 Å². The molecule has 0 aromatic rings. The van der Waals surface area contributed by atoms with Crippen LogP contribution in [0.15, 0.2) is 0 Å². The largest absolute Gasteiger partial charge is 0.454 e. The zero-order chi connectivity index (χ0) is 18.5. The first-order valence-electron chi connectivity index (χ1n) is 9.84. The molecule has 4 aliphatic rings. The Morgan fingerprint density at radius 2 is 1.81 bits per heavy atom. The normalized spacial score (nSPS) is 38.1. The number of rotatable bonds is 4. The van der Waals surface area contributed by atoms with E-state index in [9.17, 15) is 9.59 Å². The Labute approximate surface area is 153 Å². The summed E-state index contributed by atoms with van der Waals surface area (Å²) in [5, 5.41) is 0. The van der Waals surface area contributed by atoms with E-state index in [1.807, 2.05) is 20.8 Å². The van der Waals surface area contributed by atoms with Gasteiger partial charge in [0.2, 0.25) is 6.10 Å². The SMILES string of the molecule is CCC(C)(CC)C(=O)OC1C(=O)OC2C3OC4(CCCCC4)OC3OC12. The third-order valence-electron chi connectivity index (χ3n) is 6.57. The molecule has 26 heavy (non-hydrogen) atoms. The molecule has 0 aromatic carbocycles. The lowest BCUT2D eigenvalue weighted by molar-refractivity contribution is -0.246. The highest BCUT2D eigenvalue weighted by Crippen LogP contribution is 2.48. The van der Waals surface area contributed by atoms with Crippen molar-refractivity contribution in [2.45, 2.75) is 102 Å². The standard InChI is InChI=1S/C19H28O7/c1-4-18(3,5-2)17(21)24-13-11-12(22-15(13)20)14-16(23-11)26-19(25-14)9-7-6-8-10-19/h11-14,16H,4-10H2,1-3H3. The van der Waals surface area contributed by atoms with Crippen molar-refractivity contribution in [2.24, 2.45) is 5.41 Å². The molecule has 0 radical (unpaired) electrons. The molecule has 0 N–H and O–H groups in total. The minimum Gasteiger partial charge on any atom is -0.454 e. The first kappa shape index (κ1) is 18.2. The average Bonchev–Trinajstić information content (AvgIpc) is 3.24. The van der Waals surface area contributed by atoms with Gasteiger partial charge in [0.25, 0.3) is 0 Å². The maximum atomic E-state index is 12.6. The van der Waals surface area contributed by atoms with Crippen LogP contribution in [0.3, 0.4) is 0 Å². The molecule has 1 aliphatic carbocycles. The third-order valence-corrected chi connectivity index (χ3v) is 6.57. The van der Waals surface area contributed by atoms with E-state index < -0.39 is 53.8 Å². The maximum absolute atomic E-state index is 12.6. The Hall–Kier alpha value is -1.18. The van der Waals surface area contributed by atoms with Crippen LogP contribution >= 0.6 is 0 Å². The molecular weight excluding hydrogens is 340 g/mol. The van der Waals surface area contributed by atoms with Gasteiger partial charge in [0.1, 0.15) is 6.10 Å². The first-order chi connectivity index (χ1) is 12.4. The molecule has 1 saturated carbocycles. The van der Waals surface area contributed by atoms with Crippen molar-refractivity contribution in [3.05, 3.63) is 0 Å². The van der Waals surface area contributed by atoms with Crippen LogP contribution in [0.1, 0.15) is 65.7 Å². The van der Waals surface area contributed by atoms with Crippen LogP contribution in [0.4, 0.5) is 0 Å². The smallest absolute Gasteiger partial charge is 0.350 e. The number of fused-ring (bicyclic) bond motifs is 3. The molecule has 3 heterocycles. The van der Waals surface area contributed by atoms with Crippen molar-refractivity contribution >= 4 is 11.9 Å². The molecule has 0 bridgehead atoms. The Balaban J connectivity index is 1.45. The summed E-state index contributed by atoms with van der Waals surface area (Å²) < 4.78 is 29.2. The minimum absolute atomic E-state index is 0.392. The Kier molecular flexibility index (Phi) is 4.52. The molecule has 0 aromatic heterocycles. The predicted octanol–water partition coefficient (Wildman–Crippen LogP) is 2.45. The van der Waals surface area contributed by atoms with Gasteiger partial charge in [0.15, 0.2) is 24.3 Å². The molecule has 146 valence electrons. The van der Waals surface area contributed by atoms with Gasteiger partial charge in [-0.25, -0.2) is 4.79 Å². The van der Waals surface area contributed by atoms with E-state index in [2.05, 4.69) is 0 Å². The van der Waals surface area contributed by atoms with Crippen molar-refractivity contribution < 1.29 is 33.3 Å². The van der Waals surface area contributed by atoms with Gasteiger partial charge in [-0.1, -0.05) is 20.3 Å². The molecule has 5 atom stereocenters. The Bertz CT molecular complexity index is 578. The summed E-state index contributed by atoms with van der Waals surface area (Å²) in [6.07, 6.45) is 2.91. The van der Waals surface area contributed by atoms with E-state index in [1.54, 1.807) is 0 Å². The lowest BCUT2D eigenvalue weighted by Gasteiger charge is -2.33. The second kappa shape index (κ2) is 6.46. The number of hydrogen-bond donors (Lipinski definition) is 0. The minimum atomic E-state index is -1.05. The van der Waals surface area contributed by atoms with Crippen molar-refractivity contribution in [3.63, 3.8) is 0 Å². The lowest BCUT2D eigenvalue weighted by Crippen LogP contribution is -2.42. The van der Waals surface area contributed by atoms with Crippen LogP contribution in [-0.4, -0.2) is 48.4 Å². The van der Waals surface area contributed by atoms with E-state index in [1.165, 1.54) is 6.42 Å². The van der Waals surface area contributed by atoms with Gasteiger partial charge in [-0.2, -0.15) is 0 Å². The van der Waals surface area contributed by atoms with E-state index in [-0.39, 0.29) is 0 Å². The summed E-state index contributed by atoms with van der Waals surface area (Å²) in [7, 11) is 0. The summed E-state index contributed by atoms with van der Waals surface area (Å²) in [4.78, 5) is 24.9. The number of carbonyl (C=O) groups excluding carboxylic acids is 2. The highest BCUT2D eigenvalue weighted by atomic mass is 16.9. The number of ether oxygens (including phenoxy) is 5. The van der Waals surface area contributed by atoms with Crippen LogP contribution in [0, 0.1) is 5.41 Å². The molecule has 7 heteroatoms. The van der Waals surface area contributed by atoms with Crippen LogP contribution in [0.25, 0.3) is 0 Å². The van der Waals surface area contributed by atoms with Crippen LogP contribution < -0.4 is 0 Å². The summed E-state index contributed by atoms with van der Waals surface area (Å²) in [6, 6.07) is 0. The number of esters is 2. The fourth-order valence-corrected chi connectivity index (χ4v) is 4.31. The summed E-state index contributed by atoms with van der Waals surface area (Å²) >= 11 is 0. The molecule has 4 rings (SSSR count). The van der Waals surface area contributed by atoms with Crippen molar-refractivity contribution in [3.8, 4) is 0 Å². The van der Waals surface area contributed by atoms with Crippen LogP contribution in [-0.2, 0) is 33.3 Å². The monoisotopic (exact) mass is 368 g/mol. The van der Waals surface area contributed by atoms with E-state index in [4.69, 9.17) is 23.7 Å². The second-order valence-corrected chi connectivity index (χ2v) is 8.14. The molecular formula is C19H28O7. The van der Waals surface area contributed by atoms with E-state index in [0.717, 1.165) is 25.7 Å². The lowest BCUT2D eigenvalue weighted by atomic mass is 9.85. The van der Waals surface area contributed by atoms with Gasteiger partial charge in [-0.05, 0) is 32.6 Å². The first-order valence-corrected chi connectivity index (χ1v) is 9.84. The Morgan fingerprint density at radius 1 is 1.12 bits per heavy atom. The third kappa shape index (κ3) is 2.75. The van der Waals surface area contributed by atoms with E-state index in [0.29, 0.717) is 12.8 Å². The predicted molar refractivity (Wildman–Crippen MR) is 88.9 cm³/mol. The van der Waals surface area contributed by atoms with Crippen LogP contribution in [0.2, 0.25) is 0 Å². The van der Waals surface area contributed by atoms with Gasteiger partial charge >= 0.3 is 11.9 Å². The number of hydrogen-bond acceptors (Lipinski definition) is 7. The van der Waals surface area contributed by atoms with Gasteiger partial charge in [-0.3, -0.25) is 4.79 Å².